The zero-order valence-electron chi connectivity index (χ0n) is 9.41. The van der Waals surface area contributed by atoms with E-state index in [2.05, 4.69) is 15.2 Å². The topological polar surface area (TPSA) is 83.8 Å². The Bertz CT molecular complexity index is 576. The van der Waals surface area contributed by atoms with Gasteiger partial charge in [-0.3, -0.25) is 4.57 Å². The van der Waals surface area contributed by atoms with Crippen LogP contribution in [0.15, 0.2) is 33.3 Å². The van der Waals surface area contributed by atoms with E-state index in [-0.39, 0.29) is 5.69 Å². The quantitative estimate of drug-likeness (QED) is 0.840. The fourth-order valence-corrected chi connectivity index (χ4v) is 2.06. The first-order valence-electron chi connectivity index (χ1n) is 5.01. The van der Waals surface area contributed by atoms with Gasteiger partial charge in [-0.2, -0.15) is 0 Å². The zero-order valence-corrected chi connectivity index (χ0v) is 10.2. The fourth-order valence-electron chi connectivity index (χ4n) is 1.26. The first kappa shape index (κ1) is 11.9. The number of H-pyrrole nitrogens is 1. The van der Waals surface area contributed by atoms with E-state index in [0.717, 1.165) is 5.56 Å². The van der Waals surface area contributed by atoms with Gasteiger partial charge in [0.15, 0.2) is 5.16 Å². The lowest BCUT2D eigenvalue weighted by Gasteiger charge is -2.05. The molecule has 0 aromatic carbocycles. The molecule has 0 saturated carbocycles. The van der Waals surface area contributed by atoms with Crippen LogP contribution in [0.4, 0.5) is 0 Å². The second-order valence-electron chi connectivity index (χ2n) is 3.58. The molecule has 0 unspecified atom stereocenters. The number of aromatic nitrogens is 4. The Labute approximate surface area is 102 Å². The van der Waals surface area contributed by atoms with Crippen molar-refractivity contribution in [1.29, 1.82) is 0 Å². The highest BCUT2D eigenvalue weighted by Gasteiger charge is 2.09. The van der Waals surface area contributed by atoms with Gasteiger partial charge in [0.1, 0.15) is 5.03 Å². The summed E-state index contributed by atoms with van der Waals surface area (Å²) >= 11 is 1.26. The minimum absolute atomic E-state index is 0.265. The van der Waals surface area contributed by atoms with E-state index in [4.69, 9.17) is 0 Å². The molecular weight excluding hydrogens is 240 g/mol. The van der Waals surface area contributed by atoms with Crippen molar-refractivity contribution in [2.24, 2.45) is 7.05 Å². The van der Waals surface area contributed by atoms with Crippen LogP contribution in [0, 0.1) is 0 Å². The van der Waals surface area contributed by atoms with Crippen molar-refractivity contribution in [2.45, 2.75) is 23.2 Å². The largest absolute Gasteiger partial charge is 0.389 e. The summed E-state index contributed by atoms with van der Waals surface area (Å²) < 4.78 is 1.40. The van der Waals surface area contributed by atoms with Crippen LogP contribution in [0.2, 0.25) is 0 Å². The summed E-state index contributed by atoms with van der Waals surface area (Å²) in [7, 11) is 1.63. The Morgan fingerprint density at radius 3 is 2.94 bits per heavy atom. The van der Waals surface area contributed by atoms with E-state index >= 15 is 0 Å². The molecule has 0 amide bonds. The molecule has 2 aromatic heterocycles. The second kappa shape index (κ2) is 4.72. The number of hydrogen-bond acceptors (Lipinski definition) is 5. The van der Waals surface area contributed by atoms with Gasteiger partial charge in [-0.25, -0.2) is 14.9 Å². The Morgan fingerprint density at radius 1 is 1.59 bits per heavy atom. The molecule has 2 rings (SSSR count). The average molecular weight is 252 g/mol. The molecule has 90 valence electrons. The number of hydrogen-bond donors (Lipinski definition) is 2. The first-order valence-corrected chi connectivity index (χ1v) is 5.83. The predicted octanol–water partition coefficient (Wildman–Crippen LogP) is 0.708. The maximum absolute atomic E-state index is 11.2. The Kier molecular flexibility index (Phi) is 3.30. The van der Waals surface area contributed by atoms with Crippen LogP contribution in [0.5, 0.6) is 0 Å². The van der Waals surface area contributed by atoms with Crippen molar-refractivity contribution in [3.05, 3.63) is 34.4 Å². The van der Waals surface area contributed by atoms with Gasteiger partial charge >= 0.3 is 5.69 Å². The molecule has 0 fully saturated rings. The van der Waals surface area contributed by atoms with Crippen LogP contribution in [0.25, 0.3) is 0 Å². The summed E-state index contributed by atoms with van der Waals surface area (Å²) in [5.74, 6) is 0. The van der Waals surface area contributed by atoms with E-state index in [1.54, 1.807) is 32.3 Å². The van der Waals surface area contributed by atoms with Gasteiger partial charge in [-0.05, 0) is 36.4 Å². The molecule has 2 heterocycles. The van der Waals surface area contributed by atoms with Crippen molar-refractivity contribution in [3.63, 3.8) is 0 Å². The molecule has 0 bridgehead atoms. The van der Waals surface area contributed by atoms with Crippen LogP contribution in [0.1, 0.15) is 18.6 Å². The molecule has 0 aliphatic rings. The van der Waals surface area contributed by atoms with E-state index in [9.17, 15) is 9.90 Å². The van der Waals surface area contributed by atoms with Crippen LogP contribution in [-0.4, -0.2) is 24.9 Å². The monoisotopic (exact) mass is 252 g/mol. The normalized spacial score (nSPS) is 12.6. The summed E-state index contributed by atoms with van der Waals surface area (Å²) in [6.07, 6.45) is 1.08. The Balaban J connectivity index is 2.27. The number of nitrogens with one attached hydrogen (secondary N) is 1. The number of nitrogens with zero attached hydrogens (tertiary/aromatic N) is 3. The number of aliphatic hydroxyl groups excluding tert-OH is 1. The molecule has 17 heavy (non-hydrogen) atoms. The number of aromatic amines is 1. The SMILES string of the molecule is C[C@@H](O)c1ccnc(Sc2n[nH]c(=O)n2C)c1. The lowest BCUT2D eigenvalue weighted by Crippen LogP contribution is -2.12. The van der Waals surface area contributed by atoms with Gasteiger partial charge in [0.05, 0.1) is 6.10 Å². The number of rotatable bonds is 3. The van der Waals surface area contributed by atoms with Crippen molar-refractivity contribution in [3.8, 4) is 0 Å². The highest BCUT2D eigenvalue weighted by Crippen LogP contribution is 2.24. The first-order chi connectivity index (χ1) is 8.08. The minimum atomic E-state index is -0.541. The zero-order chi connectivity index (χ0) is 12.4. The standard InChI is InChI=1S/C10H12N4O2S/c1-6(15)7-3-4-11-8(5-7)17-10-13-12-9(16)14(10)2/h3-6,15H,1-2H3,(H,12,16)/t6-/m1/s1. The van der Waals surface area contributed by atoms with Crippen LogP contribution in [0.3, 0.4) is 0 Å². The van der Waals surface area contributed by atoms with Gasteiger partial charge < -0.3 is 5.11 Å². The third-order valence-electron chi connectivity index (χ3n) is 2.28. The van der Waals surface area contributed by atoms with Gasteiger partial charge in [0.25, 0.3) is 0 Å². The summed E-state index contributed by atoms with van der Waals surface area (Å²) in [5.41, 5.74) is 0.516. The lowest BCUT2D eigenvalue weighted by atomic mass is 10.2. The van der Waals surface area contributed by atoms with Gasteiger partial charge in [-0.1, -0.05) is 0 Å². The summed E-state index contributed by atoms with van der Waals surface area (Å²) in [6.45, 7) is 1.69. The maximum Gasteiger partial charge on any atom is 0.343 e. The molecule has 6 nitrogen and oxygen atoms in total. The van der Waals surface area contributed by atoms with Crippen LogP contribution in [-0.2, 0) is 7.05 Å². The number of pyridine rings is 1. The molecule has 0 aliphatic carbocycles. The van der Waals surface area contributed by atoms with E-state index in [1.807, 2.05) is 0 Å². The minimum Gasteiger partial charge on any atom is -0.389 e. The van der Waals surface area contributed by atoms with Gasteiger partial charge in [0, 0.05) is 13.2 Å². The van der Waals surface area contributed by atoms with Gasteiger partial charge in [0.2, 0.25) is 0 Å². The van der Waals surface area contributed by atoms with Crippen molar-refractivity contribution in [1.82, 2.24) is 19.7 Å². The van der Waals surface area contributed by atoms with E-state index in [0.29, 0.717) is 10.2 Å². The summed E-state index contributed by atoms with van der Waals surface area (Å²) in [4.78, 5) is 15.3. The van der Waals surface area contributed by atoms with Crippen LogP contribution >= 0.6 is 11.8 Å². The second-order valence-corrected chi connectivity index (χ2v) is 4.56. The van der Waals surface area contributed by atoms with Crippen molar-refractivity contribution in [2.75, 3.05) is 0 Å². The lowest BCUT2D eigenvalue weighted by molar-refractivity contribution is 0.199. The highest BCUT2D eigenvalue weighted by molar-refractivity contribution is 7.99. The molecule has 0 spiro atoms. The van der Waals surface area contributed by atoms with Crippen molar-refractivity contribution < 1.29 is 5.11 Å². The van der Waals surface area contributed by atoms with Crippen molar-refractivity contribution >= 4 is 11.8 Å². The third kappa shape index (κ3) is 2.56. The smallest absolute Gasteiger partial charge is 0.343 e. The molecule has 0 aliphatic heterocycles. The molecule has 2 aromatic rings. The molecule has 1 atom stereocenters. The molecule has 2 N–H and O–H groups in total. The Morgan fingerprint density at radius 2 is 2.35 bits per heavy atom. The molecule has 7 heteroatoms. The molecular formula is C10H12N4O2S. The third-order valence-corrected chi connectivity index (χ3v) is 3.26. The number of aliphatic hydroxyl groups is 1. The molecule has 0 saturated heterocycles. The maximum atomic E-state index is 11.2. The van der Waals surface area contributed by atoms with Crippen LogP contribution < -0.4 is 5.69 Å². The fraction of sp³-hybridized carbons (Fsp3) is 0.300. The van der Waals surface area contributed by atoms with E-state index < -0.39 is 6.10 Å². The van der Waals surface area contributed by atoms with E-state index in [1.165, 1.54) is 16.3 Å². The molecule has 0 radical (unpaired) electrons. The summed E-state index contributed by atoms with van der Waals surface area (Å²) in [5, 5.41) is 16.9. The average Bonchev–Trinajstić information content (AvgIpc) is 2.61. The Hall–Kier alpha value is -1.60. The predicted molar refractivity (Wildman–Crippen MR) is 62.8 cm³/mol. The highest BCUT2D eigenvalue weighted by atomic mass is 32.2. The summed E-state index contributed by atoms with van der Waals surface area (Å²) in [6, 6.07) is 3.52. The van der Waals surface area contributed by atoms with Gasteiger partial charge in [-0.15, -0.1) is 5.10 Å².